The molecule has 1 rings (SSSR count). The van der Waals surface area contributed by atoms with Crippen molar-refractivity contribution in [1.29, 1.82) is 0 Å². The lowest BCUT2D eigenvalue weighted by atomic mass is 10.3. The molecule has 0 aliphatic heterocycles. The van der Waals surface area contributed by atoms with E-state index in [1.165, 1.54) is 0 Å². The van der Waals surface area contributed by atoms with Gasteiger partial charge in [0.1, 0.15) is 5.82 Å². The van der Waals surface area contributed by atoms with Crippen LogP contribution in [0.3, 0.4) is 0 Å². The van der Waals surface area contributed by atoms with Gasteiger partial charge in [0.05, 0.1) is 9.82 Å². The summed E-state index contributed by atoms with van der Waals surface area (Å²) in [6.07, 6.45) is 0. The van der Waals surface area contributed by atoms with Gasteiger partial charge in [0.15, 0.2) is 0 Å². The number of benzene rings is 1. The van der Waals surface area contributed by atoms with Crippen molar-refractivity contribution in [2.75, 3.05) is 0 Å². The molecular weight excluding hydrogens is 247 g/mol. The maximum absolute atomic E-state index is 13.0. The number of rotatable bonds is 3. The van der Waals surface area contributed by atoms with Crippen molar-refractivity contribution in [2.24, 2.45) is 0 Å². The minimum absolute atomic E-state index is 0.0711. The fourth-order valence-electron chi connectivity index (χ4n) is 0.779. The molecule has 15 heavy (non-hydrogen) atoms. The summed E-state index contributed by atoms with van der Waals surface area (Å²) in [6.45, 7) is 0. The van der Waals surface area contributed by atoms with Crippen molar-refractivity contribution in [3.63, 3.8) is 0 Å². The molecule has 1 aromatic rings. The van der Waals surface area contributed by atoms with Gasteiger partial charge in [-0.3, -0.25) is 19.6 Å². The third-order valence-corrected chi connectivity index (χ3v) is 2.39. The molecule has 0 atom stereocenters. The molecule has 0 radical (unpaired) electrons. The van der Waals surface area contributed by atoms with Crippen LogP contribution in [0.25, 0.3) is 0 Å². The molecule has 8 heteroatoms. The Hall–Kier alpha value is -1.34. The molecule has 0 aliphatic rings. The maximum atomic E-state index is 13.0. The van der Waals surface area contributed by atoms with E-state index in [1.54, 1.807) is 0 Å². The second kappa shape index (κ2) is 4.94. The smallest absolute Gasteiger partial charge is 0.282 e. The number of nitro groups is 1. The molecule has 0 spiro atoms. The first-order valence-electron chi connectivity index (χ1n) is 3.57. The highest BCUT2D eigenvalue weighted by atomic mass is 35.5. The quantitative estimate of drug-likeness (QED) is 0.294. The van der Waals surface area contributed by atoms with Crippen LogP contribution in [0, 0.1) is 15.9 Å². The molecule has 1 aromatic carbocycles. The highest BCUT2D eigenvalue weighted by Crippen LogP contribution is 2.24. The second-order valence-electron chi connectivity index (χ2n) is 2.35. The Labute approximate surface area is 92.9 Å². The topological polar surface area (TPSA) is 72.2 Å². The second-order valence-corrected chi connectivity index (χ2v) is 3.54. The first kappa shape index (κ1) is 11.7. The first-order valence-corrected chi connectivity index (χ1v) is 4.76. The van der Waals surface area contributed by atoms with Gasteiger partial charge >= 0.3 is 5.37 Å². The van der Waals surface area contributed by atoms with Gasteiger partial charge in [-0.2, -0.15) is 0 Å². The third-order valence-electron chi connectivity index (χ3n) is 1.37. The number of carbonyl (C=O) groups excluding carboxylic acids is 1. The summed E-state index contributed by atoms with van der Waals surface area (Å²) in [7, 11) is 0. The van der Waals surface area contributed by atoms with Crippen molar-refractivity contribution < 1.29 is 14.1 Å². The molecular formula is C7H4ClFN2O3S. The van der Waals surface area contributed by atoms with Crippen LogP contribution in [-0.2, 0) is 0 Å². The summed E-state index contributed by atoms with van der Waals surface area (Å²) < 4.78 is 15.1. The van der Waals surface area contributed by atoms with Crippen LogP contribution in [0.5, 0.6) is 0 Å². The molecule has 0 heterocycles. The van der Waals surface area contributed by atoms with E-state index in [4.69, 9.17) is 11.6 Å². The van der Waals surface area contributed by atoms with Gasteiger partial charge in [0.25, 0.3) is 5.69 Å². The van der Waals surface area contributed by atoms with Crippen molar-refractivity contribution in [3.05, 3.63) is 34.1 Å². The van der Waals surface area contributed by atoms with Crippen LogP contribution in [-0.4, -0.2) is 10.3 Å². The van der Waals surface area contributed by atoms with E-state index in [-0.39, 0.29) is 10.6 Å². The molecule has 0 aliphatic carbocycles. The predicted octanol–water partition coefficient (Wildman–Crippen LogP) is 2.69. The Kier molecular flexibility index (Phi) is 3.87. The van der Waals surface area contributed by atoms with Crippen LogP contribution < -0.4 is 4.72 Å². The van der Waals surface area contributed by atoms with E-state index in [2.05, 4.69) is 0 Å². The van der Waals surface area contributed by atoms with Crippen molar-refractivity contribution in [2.45, 2.75) is 4.90 Å². The molecule has 0 saturated heterocycles. The fraction of sp³-hybridized carbons (Fsp3) is 0. The van der Waals surface area contributed by atoms with Crippen LogP contribution in [0.15, 0.2) is 23.1 Å². The summed E-state index contributed by atoms with van der Waals surface area (Å²) in [5.74, 6) is -0.670. The SMILES string of the molecule is O=C(Cl)NSc1cc([N+](=O)[O-])ccc1F. The standard InChI is InChI=1S/C7H4ClFN2O3S/c8-7(12)10-15-6-3-4(11(13)14)1-2-5(6)9/h1-3H,(H,10,12). The minimum atomic E-state index is -0.883. The number of non-ortho nitro benzene ring substituents is 1. The summed E-state index contributed by atoms with van der Waals surface area (Å²) in [6, 6.07) is 2.98. The number of nitrogens with zero attached hydrogens (tertiary/aromatic N) is 1. The van der Waals surface area contributed by atoms with Crippen molar-refractivity contribution in [3.8, 4) is 0 Å². The fourth-order valence-corrected chi connectivity index (χ4v) is 1.43. The number of nitro benzene ring substituents is 1. The van der Waals surface area contributed by atoms with E-state index >= 15 is 0 Å². The molecule has 5 nitrogen and oxygen atoms in total. The zero-order valence-corrected chi connectivity index (χ0v) is 8.64. The van der Waals surface area contributed by atoms with Crippen LogP contribution in [0.4, 0.5) is 14.9 Å². The lowest BCUT2D eigenvalue weighted by molar-refractivity contribution is -0.385. The highest BCUT2D eigenvalue weighted by molar-refractivity contribution is 7.98. The van der Waals surface area contributed by atoms with Gasteiger partial charge in [0, 0.05) is 12.1 Å². The van der Waals surface area contributed by atoms with Crippen LogP contribution in [0.2, 0.25) is 0 Å². The molecule has 0 unspecified atom stereocenters. The molecule has 80 valence electrons. The Bertz CT molecular complexity index is 415. The Morgan fingerprint density at radius 2 is 2.27 bits per heavy atom. The van der Waals surface area contributed by atoms with E-state index < -0.39 is 16.1 Å². The van der Waals surface area contributed by atoms with Crippen LogP contribution >= 0.6 is 23.5 Å². The summed E-state index contributed by atoms with van der Waals surface area (Å²) >= 11 is 5.53. The van der Waals surface area contributed by atoms with Gasteiger partial charge in [-0.1, -0.05) is 0 Å². The maximum Gasteiger partial charge on any atom is 0.323 e. The van der Waals surface area contributed by atoms with E-state index in [0.29, 0.717) is 11.9 Å². The molecule has 1 N–H and O–H groups in total. The van der Waals surface area contributed by atoms with Crippen molar-refractivity contribution in [1.82, 2.24) is 4.72 Å². The van der Waals surface area contributed by atoms with Gasteiger partial charge < -0.3 is 0 Å². The molecule has 1 amide bonds. The summed E-state index contributed by atoms with van der Waals surface area (Å²) in [4.78, 5) is 20.0. The van der Waals surface area contributed by atoms with Gasteiger partial charge in [0.2, 0.25) is 0 Å². The number of amides is 1. The zero-order valence-electron chi connectivity index (χ0n) is 7.07. The lowest BCUT2D eigenvalue weighted by Gasteiger charge is -2.01. The average molecular weight is 251 g/mol. The Morgan fingerprint density at radius 1 is 1.60 bits per heavy atom. The van der Waals surface area contributed by atoms with Gasteiger partial charge in [-0.05, 0) is 29.6 Å². The van der Waals surface area contributed by atoms with E-state index in [0.717, 1.165) is 18.2 Å². The summed E-state index contributed by atoms with van der Waals surface area (Å²) in [5, 5.41) is 9.48. The monoisotopic (exact) mass is 250 g/mol. The Balaban J connectivity index is 2.90. The Morgan fingerprint density at radius 3 is 2.80 bits per heavy atom. The highest BCUT2D eigenvalue weighted by Gasteiger charge is 2.11. The average Bonchev–Trinajstić information content (AvgIpc) is 2.16. The van der Waals surface area contributed by atoms with E-state index in [9.17, 15) is 19.3 Å². The summed E-state index contributed by atoms with van der Waals surface area (Å²) in [5.41, 5.74) is -0.261. The number of hydrogen-bond acceptors (Lipinski definition) is 4. The molecule has 0 bridgehead atoms. The van der Waals surface area contributed by atoms with Gasteiger partial charge in [-0.15, -0.1) is 0 Å². The normalized spacial score (nSPS) is 9.73. The van der Waals surface area contributed by atoms with Gasteiger partial charge in [-0.25, -0.2) is 4.39 Å². The number of hydrogen-bond donors (Lipinski definition) is 1. The predicted molar refractivity (Wildman–Crippen MR) is 53.3 cm³/mol. The lowest BCUT2D eigenvalue weighted by Crippen LogP contribution is -2.05. The minimum Gasteiger partial charge on any atom is -0.282 e. The molecule has 0 fully saturated rings. The first-order chi connectivity index (χ1) is 7.00. The number of nitrogens with one attached hydrogen (secondary N) is 1. The number of halogens is 2. The third kappa shape index (κ3) is 3.37. The van der Waals surface area contributed by atoms with Crippen molar-refractivity contribution >= 4 is 34.6 Å². The zero-order chi connectivity index (χ0) is 11.4. The van der Waals surface area contributed by atoms with Crippen LogP contribution in [0.1, 0.15) is 0 Å². The van der Waals surface area contributed by atoms with E-state index in [1.807, 2.05) is 4.72 Å². The molecule has 0 aromatic heterocycles. The number of carbonyl (C=O) groups is 1. The molecule has 0 saturated carbocycles. The largest absolute Gasteiger partial charge is 0.323 e.